The molecule has 1 fully saturated rings. The average molecular weight is 330 g/mol. The first-order valence-electron chi connectivity index (χ1n) is 7.93. The molecule has 0 saturated carbocycles. The fourth-order valence-corrected chi connectivity index (χ4v) is 3.04. The highest BCUT2D eigenvalue weighted by atomic mass is 35.5. The van der Waals surface area contributed by atoms with Crippen LogP contribution in [0.25, 0.3) is 0 Å². The first-order chi connectivity index (χ1) is 11.2. The Morgan fingerprint density at radius 2 is 2.00 bits per heavy atom. The first-order valence-corrected chi connectivity index (χ1v) is 8.30. The van der Waals surface area contributed by atoms with Crippen molar-refractivity contribution in [2.24, 2.45) is 0 Å². The molecule has 120 valence electrons. The molecule has 2 aromatic rings. The van der Waals surface area contributed by atoms with Crippen molar-refractivity contribution in [1.29, 1.82) is 0 Å². The third-order valence-electron chi connectivity index (χ3n) is 4.07. The smallest absolute Gasteiger partial charge is 0.253 e. The molecule has 0 aromatic heterocycles. The van der Waals surface area contributed by atoms with Crippen LogP contribution in [0.2, 0.25) is 5.02 Å². The third-order valence-corrected chi connectivity index (χ3v) is 4.30. The zero-order valence-corrected chi connectivity index (χ0v) is 13.7. The van der Waals surface area contributed by atoms with E-state index in [4.69, 9.17) is 16.3 Å². The van der Waals surface area contributed by atoms with Gasteiger partial charge in [-0.05, 0) is 36.6 Å². The van der Waals surface area contributed by atoms with E-state index in [-0.39, 0.29) is 12.0 Å². The molecular formula is C19H20ClNO2. The highest BCUT2D eigenvalue weighted by molar-refractivity contribution is 6.30. The molecule has 0 aliphatic carbocycles. The number of carbonyl (C=O) groups excluding carboxylic acids is 1. The summed E-state index contributed by atoms with van der Waals surface area (Å²) in [6, 6.07) is 17.2. The van der Waals surface area contributed by atoms with E-state index < -0.39 is 0 Å². The summed E-state index contributed by atoms with van der Waals surface area (Å²) >= 11 is 5.98. The second-order valence-corrected chi connectivity index (χ2v) is 6.26. The molecule has 3 nitrogen and oxygen atoms in total. The van der Waals surface area contributed by atoms with Gasteiger partial charge in [0.1, 0.15) is 0 Å². The molecule has 0 unspecified atom stereocenters. The molecule has 0 spiro atoms. The van der Waals surface area contributed by atoms with E-state index >= 15 is 0 Å². The number of carbonyl (C=O) groups is 1. The van der Waals surface area contributed by atoms with E-state index in [1.807, 2.05) is 35.2 Å². The molecule has 1 aliphatic heterocycles. The van der Waals surface area contributed by atoms with Gasteiger partial charge < -0.3 is 9.64 Å². The van der Waals surface area contributed by atoms with Crippen LogP contribution in [-0.2, 0) is 11.3 Å². The van der Waals surface area contributed by atoms with Gasteiger partial charge in [0.05, 0.1) is 12.7 Å². The average Bonchev–Trinajstić information content (AvgIpc) is 2.60. The molecule has 2 aromatic carbocycles. The first kappa shape index (κ1) is 16.0. The van der Waals surface area contributed by atoms with Crippen molar-refractivity contribution in [3.63, 3.8) is 0 Å². The minimum absolute atomic E-state index is 0.0283. The quantitative estimate of drug-likeness (QED) is 0.843. The Labute approximate surface area is 141 Å². The van der Waals surface area contributed by atoms with Crippen LogP contribution in [0.15, 0.2) is 54.6 Å². The highest BCUT2D eigenvalue weighted by Crippen LogP contribution is 2.19. The number of benzene rings is 2. The summed E-state index contributed by atoms with van der Waals surface area (Å²) in [6.07, 6.45) is 2.05. The van der Waals surface area contributed by atoms with Crippen LogP contribution < -0.4 is 0 Å². The largest absolute Gasteiger partial charge is 0.372 e. The van der Waals surface area contributed by atoms with Crippen molar-refractivity contribution in [3.8, 4) is 0 Å². The molecule has 4 heteroatoms. The van der Waals surface area contributed by atoms with E-state index in [0.29, 0.717) is 23.7 Å². The SMILES string of the molecule is O=C(c1cccc(Cl)c1)N1CCC[C@@H](OCc2ccccc2)C1. The number of halogens is 1. The molecule has 1 saturated heterocycles. The van der Waals surface area contributed by atoms with E-state index in [1.54, 1.807) is 12.1 Å². The lowest BCUT2D eigenvalue weighted by Crippen LogP contribution is -2.43. The van der Waals surface area contributed by atoms with Crippen molar-refractivity contribution in [2.45, 2.75) is 25.6 Å². The normalized spacial score (nSPS) is 18.0. The Hall–Kier alpha value is -1.84. The maximum absolute atomic E-state index is 12.6. The number of hydrogen-bond donors (Lipinski definition) is 0. The van der Waals surface area contributed by atoms with Crippen LogP contribution in [-0.4, -0.2) is 30.0 Å². The highest BCUT2D eigenvalue weighted by Gasteiger charge is 2.25. The Bertz CT molecular complexity index is 659. The fraction of sp³-hybridized carbons (Fsp3) is 0.316. The van der Waals surface area contributed by atoms with Gasteiger partial charge in [-0.1, -0.05) is 48.0 Å². The summed E-state index contributed by atoms with van der Waals surface area (Å²) in [5.41, 5.74) is 1.80. The molecule has 1 aliphatic rings. The van der Waals surface area contributed by atoms with E-state index in [1.165, 1.54) is 0 Å². The molecule has 1 amide bonds. The van der Waals surface area contributed by atoms with Crippen molar-refractivity contribution in [3.05, 3.63) is 70.7 Å². The van der Waals surface area contributed by atoms with E-state index in [9.17, 15) is 4.79 Å². The predicted molar refractivity (Wildman–Crippen MR) is 91.6 cm³/mol. The van der Waals surface area contributed by atoms with Gasteiger partial charge in [0.25, 0.3) is 5.91 Å². The zero-order valence-electron chi connectivity index (χ0n) is 13.0. The summed E-state index contributed by atoms with van der Waals surface area (Å²) < 4.78 is 5.99. The number of hydrogen-bond acceptors (Lipinski definition) is 2. The Morgan fingerprint density at radius 3 is 2.78 bits per heavy atom. The van der Waals surface area contributed by atoms with Gasteiger partial charge in [-0.3, -0.25) is 4.79 Å². The Kier molecular flexibility index (Phi) is 5.31. The Morgan fingerprint density at radius 1 is 1.17 bits per heavy atom. The molecule has 1 heterocycles. The number of piperidine rings is 1. The summed E-state index contributed by atoms with van der Waals surface area (Å²) in [6.45, 7) is 2.00. The molecule has 3 rings (SSSR count). The maximum atomic E-state index is 12.6. The molecule has 1 atom stereocenters. The molecule has 0 bridgehead atoms. The molecule has 0 N–H and O–H groups in total. The summed E-state index contributed by atoms with van der Waals surface area (Å²) in [7, 11) is 0. The topological polar surface area (TPSA) is 29.5 Å². The molecular weight excluding hydrogens is 310 g/mol. The van der Waals surface area contributed by atoms with E-state index in [0.717, 1.165) is 24.9 Å². The minimum atomic E-state index is 0.0283. The lowest BCUT2D eigenvalue weighted by atomic mass is 10.1. The maximum Gasteiger partial charge on any atom is 0.253 e. The van der Waals surface area contributed by atoms with Gasteiger partial charge in [0, 0.05) is 23.7 Å². The minimum Gasteiger partial charge on any atom is -0.372 e. The number of ether oxygens (including phenoxy) is 1. The van der Waals surface area contributed by atoms with Gasteiger partial charge in [0.15, 0.2) is 0 Å². The van der Waals surface area contributed by atoms with Crippen molar-refractivity contribution < 1.29 is 9.53 Å². The molecule has 23 heavy (non-hydrogen) atoms. The summed E-state index contributed by atoms with van der Waals surface area (Å²) in [5, 5.41) is 0.588. The standard InChI is InChI=1S/C19H20ClNO2/c20-17-9-4-8-16(12-17)19(22)21-11-5-10-18(13-21)23-14-15-6-2-1-3-7-15/h1-4,6-9,12,18H,5,10-11,13-14H2/t18-/m1/s1. The Balaban J connectivity index is 1.58. The van der Waals surface area contributed by atoms with Gasteiger partial charge >= 0.3 is 0 Å². The number of nitrogens with zero attached hydrogens (tertiary/aromatic N) is 1. The van der Waals surface area contributed by atoms with Gasteiger partial charge in [0.2, 0.25) is 0 Å². The van der Waals surface area contributed by atoms with Crippen molar-refractivity contribution in [1.82, 2.24) is 4.90 Å². The second kappa shape index (κ2) is 7.62. The third kappa shape index (κ3) is 4.34. The lowest BCUT2D eigenvalue weighted by molar-refractivity contribution is -0.00672. The lowest BCUT2D eigenvalue weighted by Gasteiger charge is -2.32. The van der Waals surface area contributed by atoms with Crippen LogP contribution in [0.5, 0.6) is 0 Å². The zero-order chi connectivity index (χ0) is 16.1. The number of likely N-dealkylation sites (tertiary alicyclic amines) is 1. The number of amides is 1. The number of rotatable bonds is 4. The summed E-state index contributed by atoms with van der Waals surface area (Å²) in [5.74, 6) is 0.0283. The summed E-state index contributed by atoms with van der Waals surface area (Å²) in [4.78, 5) is 14.4. The van der Waals surface area contributed by atoms with Gasteiger partial charge in [-0.2, -0.15) is 0 Å². The van der Waals surface area contributed by atoms with Crippen LogP contribution in [0.4, 0.5) is 0 Å². The van der Waals surface area contributed by atoms with Crippen LogP contribution in [0, 0.1) is 0 Å². The van der Waals surface area contributed by atoms with Crippen LogP contribution >= 0.6 is 11.6 Å². The van der Waals surface area contributed by atoms with Gasteiger partial charge in [-0.15, -0.1) is 0 Å². The predicted octanol–water partition coefficient (Wildman–Crippen LogP) is 4.16. The second-order valence-electron chi connectivity index (χ2n) is 5.82. The van der Waals surface area contributed by atoms with Crippen molar-refractivity contribution >= 4 is 17.5 Å². The fourth-order valence-electron chi connectivity index (χ4n) is 2.85. The van der Waals surface area contributed by atoms with Gasteiger partial charge in [-0.25, -0.2) is 0 Å². The molecule has 0 radical (unpaired) electrons. The van der Waals surface area contributed by atoms with Crippen LogP contribution in [0.1, 0.15) is 28.8 Å². The van der Waals surface area contributed by atoms with Crippen LogP contribution in [0.3, 0.4) is 0 Å². The monoisotopic (exact) mass is 329 g/mol. The van der Waals surface area contributed by atoms with E-state index in [2.05, 4.69) is 12.1 Å². The van der Waals surface area contributed by atoms with Crippen molar-refractivity contribution in [2.75, 3.05) is 13.1 Å².